The second-order valence-electron chi connectivity index (χ2n) is 4.84. The van der Waals surface area contributed by atoms with Crippen LogP contribution in [0, 0.1) is 5.92 Å². The van der Waals surface area contributed by atoms with Crippen LogP contribution in [0.3, 0.4) is 0 Å². The van der Waals surface area contributed by atoms with Gasteiger partial charge in [-0.2, -0.15) is 11.8 Å². The number of hydrogen-bond donors (Lipinski definition) is 2. The molecule has 1 saturated heterocycles. The third kappa shape index (κ3) is 5.16. The Balaban J connectivity index is 2.25. The van der Waals surface area contributed by atoms with Gasteiger partial charge in [-0.05, 0) is 19.3 Å². The monoisotopic (exact) mass is 274 g/mol. The number of thioether (sulfide) groups is 1. The molecule has 1 fully saturated rings. The normalized spacial score (nSPS) is 21.4. The van der Waals surface area contributed by atoms with E-state index in [-0.39, 0.29) is 24.4 Å². The van der Waals surface area contributed by atoms with E-state index < -0.39 is 5.97 Å². The average molecular weight is 274 g/mol. The fraction of sp³-hybridized carbons (Fsp3) is 0.833. The molecule has 0 aliphatic carbocycles. The molecule has 0 spiro atoms. The summed E-state index contributed by atoms with van der Waals surface area (Å²) in [6.07, 6.45) is 0.759. The highest BCUT2D eigenvalue weighted by Crippen LogP contribution is 2.15. The van der Waals surface area contributed by atoms with E-state index in [1.807, 2.05) is 23.6 Å². The molecule has 1 heterocycles. The predicted octanol–water partition coefficient (Wildman–Crippen LogP) is 1.63. The summed E-state index contributed by atoms with van der Waals surface area (Å²) in [5.41, 5.74) is 0. The summed E-state index contributed by atoms with van der Waals surface area (Å²) in [7, 11) is 0. The fourth-order valence-electron chi connectivity index (χ4n) is 1.86. The molecule has 5 nitrogen and oxygen atoms in total. The van der Waals surface area contributed by atoms with Gasteiger partial charge in [0, 0.05) is 37.1 Å². The molecule has 2 atom stereocenters. The Kier molecular flexibility index (Phi) is 6.32. The Morgan fingerprint density at radius 3 is 2.89 bits per heavy atom. The Morgan fingerprint density at radius 1 is 1.56 bits per heavy atom. The zero-order valence-corrected chi connectivity index (χ0v) is 11.8. The number of urea groups is 1. The summed E-state index contributed by atoms with van der Waals surface area (Å²) in [5, 5.41) is 11.5. The molecule has 0 aromatic carbocycles. The number of carboxylic acids is 1. The summed E-state index contributed by atoms with van der Waals surface area (Å²) in [6.45, 7) is 5.35. The second-order valence-corrected chi connectivity index (χ2v) is 5.99. The van der Waals surface area contributed by atoms with Crippen LogP contribution in [-0.4, -0.2) is 52.6 Å². The van der Waals surface area contributed by atoms with Crippen LogP contribution in [0.5, 0.6) is 0 Å². The molecule has 0 aromatic heterocycles. The molecule has 0 saturated carbocycles. The van der Waals surface area contributed by atoms with E-state index in [2.05, 4.69) is 12.2 Å². The molecule has 18 heavy (non-hydrogen) atoms. The van der Waals surface area contributed by atoms with Crippen LogP contribution in [-0.2, 0) is 4.79 Å². The molecule has 0 aromatic rings. The van der Waals surface area contributed by atoms with Gasteiger partial charge in [-0.1, -0.05) is 6.92 Å². The molecule has 2 N–H and O–H groups in total. The van der Waals surface area contributed by atoms with Crippen molar-refractivity contribution in [3.05, 3.63) is 0 Å². The van der Waals surface area contributed by atoms with Crippen molar-refractivity contribution in [2.45, 2.75) is 32.7 Å². The number of aliphatic carboxylic acids is 1. The van der Waals surface area contributed by atoms with Gasteiger partial charge >= 0.3 is 12.0 Å². The summed E-state index contributed by atoms with van der Waals surface area (Å²) in [6, 6.07) is 0.253. The molecule has 1 rings (SSSR count). The van der Waals surface area contributed by atoms with Crippen molar-refractivity contribution in [3.63, 3.8) is 0 Å². The van der Waals surface area contributed by atoms with Gasteiger partial charge in [-0.3, -0.25) is 4.79 Å². The van der Waals surface area contributed by atoms with Gasteiger partial charge in [0.25, 0.3) is 0 Å². The van der Waals surface area contributed by atoms with Crippen LogP contribution in [0.25, 0.3) is 0 Å². The maximum Gasteiger partial charge on any atom is 0.317 e. The van der Waals surface area contributed by atoms with E-state index >= 15 is 0 Å². The third-order valence-electron chi connectivity index (χ3n) is 3.08. The van der Waals surface area contributed by atoms with Crippen LogP contribution in [0.15, 0.2) is 0 Å². The first-order valence-electron chi connectivity index (χ1n) is 6.34. The highest BCUT2D eigenvalue weighted by molar-refractivity contribution is 7.99. The van der Waals surface area contributed by atoms with E-state index in [0.29, 0.717) is 13.0 Å². The first kappa shape index (κ1) is 15.1. The number of amides is 2. The van der Waals surface area contributed by atoms with Crippen molar-refractivity contribution in [2.75, 3.05) is 24.6 Å². The molecule has 1 aliphatic rings. The molecular weight excluding hydrogens is 252 g/mol. The van der Waals surface area contributed by atoms with E-state index in [1.165, 1.54) is 0 Å². The maximum atomic E-state index is 11.9. The molecule has 1 aliphatic heterocycles. The van der Waals surface area contributed by atoms with Crippen LogP contribution in [0.2, 0.25) is 0 Å². The van der Waals surface area contributed by atoms with E-state index in [0.717, 1.165) is 18.1 Å². The van der Waals surface area contributed by atoms with Crippen LogP contribution >= 0.6 is 11.8 Å². The smallest absolute Gasteiger partial charge is 0.317 e. The molecule has 6 heteroatoms. The Hall–Kier alpha value is -0.910. The molecule has 2 amide bonds. The summed E-state index contributed by atoms with van der Waals surface area (Å²) >= 11 is 1.87. The van der Waals surface area contributed by atoms with Gasteiger partial charge in [0.05, 0.1) is 0 Å². The lowest BCUT2D eigenvalue weighted by atomic mass is 10.1. The van der Waals surface area contributed by atoms with Crippen LogP contribution in [0.4, 0.5) is 4.79 Å². The van der Waals surface area contributed by atoms with Crippen molar-refractivity contribution >= 4 is 23.8 Å². The van der Waals surface area contributed by atoms with Crippen molar-refractivity contribution in [2.24, 2.45) is 5.92 Å². The lowest BCUT2D eigenvalue weighted by molar-refractivity contribution is -0.137. The third-order valence-corrected chi connectivity index (χ3v) is 4.27. The van der Waals surface area contributed by atoms with Gasteiger partial charge in [0.2, 0.25) is 0 Å². The average Bonchev–Trinajstić information content (AvgIpc) is 2.34. The fourth-order valence-corrected chi connectivity index (χ4v) is 2.88. The SMILES string of the molecule is CC(CCC(=O)O)CNC(=O)N1CCSCC1C. The summed E-state index contributed by atoms with van der Waals surface area (Å²) < 4.78 is 0. The van der Waals surface area contributed by atoms with Crippen molar-refractivity contribution in [3.8, 4) is 0 Å². The minimum atomic E-state index is -0.783. The van der Waals surface area contributed by atoms with Crippen molar-refractivity contribution < 1.29 is 14.7 Å². The largest absolute Gasteiger partial charge is 0.481 e. The standard InChI is InChI=1S/C12H22N2O3S/c1-9(3-4-11(15)16)7-13-12(17)14-5-6-18-8-10(14)2/h9-10H,3-8H2,1-2H3,(H,13,17)(H,15,16). The number of carboxylic acid groups (broad SMARTS) is 1. The van der Waals surface area contributed by atoms with Crippen LogP contribution < -0.4 is 5.32 Å². The number of rotatable bonds is 5. The molecule has 2 unspecified atom stereocenters. The predicted molar refractivity (Wildman–Crippen MR) is 72.9 cm³/mol. The van der Waals surface area contributed by atoms with E-state index in [9.17, 15) is 9.59 Å². The Labute approximate surface area is 112 Å². The highest BCUT2D eigenvalue weighted by atomic mass is 32.2. The van der Waals surface area contributed by atoms with Gasteiger partial charge in [-0.15, -0.1) is 0 Å². The topological polar surface area (TPSA) is 69.6 Å². The Bertz CT molecular complexity index is 299. The lowest BCUT2D eigenvalue weighted by Gasteiger charge is -2.33. The molecular formula is C12H22N2O3S. The minimum absolute atomic E-state index is 0.0232. The molecule has 104 valence electrons. The summed E-state index contributed by atoms with van der Waals surface area (Å²) in [5.74, 6) is 1.39. The minimum Gasteiger partial charge on any atom is -0.481 e. The second kappa shape index (κ2) is 7.51. The highest BCUT2D eigenvalue weighted by Gasteiger charge is 2.23. The first-order chi connectivity index (χ1) is 8.50. The Morgan fingerprint density at radius 2 is 2.28 bits per heavy atom. The molecule has 0 radical (unpaired) electrons. The summed E-state index contributed by atoms with van der Waals surface area (Å²) in [4.78, 5) is 24.2. The van der Waals surface area contributed by atoms with E-state index in [4.69, 9.17) is 5.11 Å². The van der Waals surface area contributed by atoms with Crippen LogP contribution in [0.1, 0.15) is 26.7 Å². The quantitative estimate of drug-likeness (QED) is 0.799. The number of hydrogen-bond acceptors (Lipinski definition) is 3. The number of nitrogens with zero attached hydrogens (tertiary/aromatic N) is 1. The van der Waals surface area contributed by atoms with Crippen molar-refractivity contribution in [1.82, 2.24) is 10.2 Å². The maximum absolute atomic E-state index is 11.9. The molecule has 0 bridgehead atoms. The number of nitrogens with one attached hydrogen (secondary N) is 1. The number of carbonyl (C=O) groups is 2. The number of carbonyl (C=O) groups excluding carboxylic acids is 1. The van der Waals surface area contributed by atoms with E-state index in [1.54, 1.807) is 0 Å². The van der Waals surface area contributed by atoms with Crippen molar-refractivity contribution in [1.29, 1.82) is 0 Å². The van der Waals surface area contributed by atoms with Gasteiger partial charge < -0.3 is 15.3 Å². The van der Waals surface area contributed by atoms with Gasteiger partial charge in [-0.25, -0.2) is 4.79 Å². The van der Waals surface area contributed by atoms with Gasteiger partial charge in [0.15, 0.2) is 0 Å². The lowest BCUT2D eigenvalue weighted by Crippen LogP contribution is -2.50. The first-order valence-corrected chi connectivity index (χ1v) is 7.50. The zero-order chi connectivity index (χ0) is 13.5. The van der Waals surface area contributed by atoms with Gasteiger partial charge in [0.1, 0.15) is 0 Å². The zero-order valence-electron chi connectivity index (χ0n) is 11.0.